The van der Waals surface area contributed by atoms with Gasteiger partial charge in [-0.05, 0) is 40.4 Å². The van der Waals surface area contributed by atoms with E-state index in [-0.39, 0.29) is 5.04 Å². The molecule has 144 valence electrons. The van der Waals surface area contributed by atoms with Crippen LogP contribution in [0.5, 0.6) is 0 Å². The Morgan fingerprint density at radius 1 is 0.821 bits per heavy atom. The van der Waals surface area contributed by atoms with Crippen molar-refractivity contribution in [3.05, 3.63) is 90.3 Å². The number of hydrogen-bond acceptors (Lipinski definition) is 2. The van der Waals surface area contributed by atoms with Crippen LogP contribution in [0, 0.1) is 0 Å². The number of aromatic nitrogens is 1. The fraction of sp³-hybridized carbons (Fsp3) is 0.320. The van der Waals surface area contributed by atoms with Gasteiger partial charge in [0.05, 0.1) is 12.3 Å². The molecule has 2 aromatic carbocycles. The quantitative estimate of drug-likeness (QED) is 0.553. The Bertz CT molecular complexity index is 875. The molecule has 4 rings (SSSR count). The number of hydrogen-bond donors (Lipinski definition) is 0. The highest BCUT2D eigenvalue weighted by molar-refractivity contribution is 6.99. The molecule has 0 spiro atoms. The summed E-state index contributed by atoms with van der Waals surface area (Å²) in [6.45, 7) is 7.49. The van der Waals surface area contributed by atoms with E-state index in [9.17, 15) is 0 Å². The predicted octanol–water partition coefficient (Wildman–Crippen LogP) is 5.04. The molecule has 0 atom stereocenters. The lowest BCUT2D eigenvalue weighted by molar-refractivity contribution is 0.281. The Balaban J connectivity index is 1.75. The summed E-state index contributed by atoms with van der Waals surface area (Å²) in [5.41, 5.74) is 2.26. The first kappa shape index (κ1) is 19.1. The van der Waals surface area contributed by atoms with Crippen molar-refractivity contribution in [2.75, 3.05) is 0 Å². The Hall–Kier alpha value is -2.23. The summed E-state index contributed by atoms with van der Waals surface area (Å²) in [4.78, 5) is 4.90. The van der Waals surface area contributed by atoms with Crippen molar-refractivity contribution in [2.45, 2.75) is 51.2 Å². The van der Waals surface area contributed by atoms with Crippen LogP contribution in [-0.2, 0) is 11.0 Å². The van der Waals surface area contributed by atoms with Gasteiger partial charge in [0.2, 0.25) is 0 Å². The standard InChI is InChI=1S/C25H29NOSi/c1-25(2,3)28(22-12-6-4-7-13-22,23-14-8-5-9-15-23)27-19-21-11-10-16-24(26-21)20-17-18-20/h4-16,20H,17-19H2,1-3H3. The summed E-state index contributed by atoms with van der Waals surface area (Å²) in [6.07, 6.45) is 2.54. The molecule has 1 fully saturated rings. The van der Waals surface area contributed by atoms with Gasteiger partial charge in [-0.2, -0.15) is 0 Å². The van der Waals surface area contributed by atoms with Gasteiger partial charge < -0.3 is 4.43 Å². The number of pyridine rings is 1. The Labute approximate surface area is 169 Å². The van der Waals surface area contributed by atoms with Crippen LogP contribution in [0.2, 0.25) is 5.04 Å². The average Bonchev–Trinajstić information content (AvgIpc) is 3.55. The zero-order chi connectivity index (χ0) is 19.6. The third-order valence-corrected chi connectivity index (χ3v) is 10.7. The average molecular weight is 388 g/mol. The van der Waals surface area contributed by atoms with Gasteiger partial charge in [-0.3, -0.25) is 4.98 Å². The van der Waals surface area contributed by atoms with Crippen molar-refractivity contribution in [2.24, 2.45) is 0 Å². The van der Waals surface area contributed by atoms with E-state index in [1.807, 2.05) is 0 Å². The van der Waals surface area contributed by atoms with E-state index in [2.05, 4.69) is 99.6 Å². The molecule has 3 heteroatoms. The van der Waals surface area contributed by atoms with Gasteiger partial charge in [0.25, 0.3) is 8.32 Å². The fourth-order valence-electron chi connectivity index (χ4n) is 4.13. The lowest BCUT2D eigenvalue weighted by Gasteiger charge is -2.43. The van der Waals surface area contributed by atoms with Crippen LogP contribution in [0.4, 0.5) is 0 Å². The highest BCUT2D eigenvalue weighted by atomic mass is 28.4. The SMILES string of the molecule is CC(C)(C)[Si](OCc1cccc(C2CC2)n1)(c1ccccc1)c1ccccc1. The lowest BCUT2D eigenvalue weighted by atomic mass is 10.2. The van der Waals surface area contributed by atoms with Crippen molar-refractivity contribution in [3.8, 4) is 0 Å². The Kier molecular flexibility index (Phi) is 5.22. The summed E-state index contributed by atoms with van der Waals surface area (Å²) >= 11 is 0. The first-order chi connectivity index (χ1) is 13.5. The smallest absolute Gasteiger partial charge is 0.261 e. The van der Waals surface area contributed by atoms with Crippen LogP contribution in [0.3, 0.4) is 0 Å². The van der Waals surface area contributed by atoms with E-state index < -0.39 is 8.32 Å². The summed E-state index contributed by atoms with van der Waals surface area (Å²) in [5, 5.41) is 2.61. The zero-order valence-corrected chi connectivity index (χ0v) is 18.1. The molecule has 1 saturated carbocycles. The molecule has 0 aliphatic heterocycles. The van der Waals surface area contributed by atoms with Gasteiger partial charge in [0.1, 0.15) is 0 Å². The van der Waals surface area contributed by atoms with Gasteiger partial charge in [0, 0.05) is 11.6 Å². The monoisotopic (exact) mass is 387 g/mol. The lowest BCUT2D eigenvalue weighted by Crippen LogP contribution is -2.66. The van der Waals surface area contributed by atoms with E-state index in [1.165, 1.54) is 28.9 Å². The maximum absolute atomic E-state index is 6.98. The van der Waals surface area contributed by atoms with Crippen molar-refractivity contribution in [1.29, 1.82) is 0 Å². The molecule has 0 unspecified atom stereocenters. The number of rotatable bonds is 6. The topological polar surface area (TPSA) is 22.1 Å². The highest BCUT2D eigenvalue weighted by Gasteiger charge is 2.50. The summed E-state index contributed by atoms with van der Waals surface area (Å²) in [6, 6.07) is 28.0. The predicted molar refractivity (Wildman–Crippen MR) is 119 cm³/mol. The third kappa shape index (κ3) is 3.69. The van der Waals surface area contributed by atoms with E-state index in [0.29, 0.717) is 12.5 Å². The molecule has 0 N–H and O–H groups in total. The molecule has 0 bridgehead atoms. The van der Waals surface area contributed by atoms with Crippen LogP contribution in [0.25, 0.3) is 0 Å². The second-order valence-electron chi connectivity index (χ2n) is 8.78. The third-order valence-electron chi connectivity index (χ3n) is 5.68. The van der Waals surface area contributed by atoms with E-state index >= 15 is 0 Å². The molecule has 2 nitrogen and oxygen atoms in total. The molecule has 1 aromatic heterocycles. The molecule has 0 radical (unpaired) electrons. The zero-order valence-electron chi connectivity index (χ0n) is 17.1. The second-order valence-corrected chi connectivity index (χ2v) is 13.1. The molecular weight excluding hydrogens is 358 g/mol. The maximum atomic E-state index is 6.98. The number of benzene rings is 2. The van der Waals surface area contributed by atoms with E-state index in [4.69, 9.17) is 9.41 Å². The summed E-state index contributed by atoms with van der Waals surface area (Å²) in [5.74, 6) is 0.660. The van der Waals surface area contributed by atoms with Crippen molar-refractivity contribution in [3.63, 3.8) is 0 Å². The second kappa shape index (κ2) is 7.65. The molecule has 1 heterocycles. The largest absolute Gasteiger partial charge is 0.402 e. The molecule has 0 amide bonds. The molecular formula is C25H29NOSi. The first-order valence-corrected chi connectivity index (χ1v) is 12.1. The van der Waals surface area contributed by atoms with E-state index in [0.717, 1.165) is 5.69 Å². The highest BCUT2D eigenvalue weighted by Crippen LogP contribution is 2.39. The fourth-order valence-corrected chi connectivity index (χ4v) is 8.65. The minimum atomic E-state index is -2.50. The van der Waals surface area contributed by atoms with Crippen LogP contribution < -0.4 is 10.4 Å². The van der Waals surface area contributed by atoms with Crippen LogP contribution >= 0.6 is 0 Å². The van der Waals surface area contributed by atoms with Gasteiger partial charge in [-0.1, -0.05) is 87.5 Å². The van der Waals surface area contributed by atoms with Gasteiger partial charge >= 0.3 is 0 Å². The van der Waals surface area contributed by atoms with Crippen LogP contribution in [0.1, 0.15) is 50.9 Å². The van der Waals surface area contributed by atoms with Gasteiger partial charge in [-0.25, -0.2) is 0 Å². The first-order valence-electron chi connectivity index (χ1n) is 10.2. The molecule has 3 aromatic rings. The van der Waals surface area contributed by atoms with Gasteiger partial charge in [0.15, 0.2) is 0 Å². The normalized spacial score (nSPS) is 14.8. The molecule has 28 heavy (non-hydrogen) atoms. The summed E-state index contributed by atoms with van der Waals surface area (Å²) < 4.78 is 6.98. The van der Waals surface area contributed by atoms with Crippen LogP contribution in [-0.4, -0.2) is 13.3 Å². The summed E-state index contributed by atoms with van der Waals surface area (Å²) in [7, 11) is -2.50. The van der Waals surface area contributed by atoms with Gasteiger partial charge in [-0.15, -0.1) is 0 Å². The van der Waals surface area contributed by atoms with Crippen LogP contribution in [0.15, 0.2) is 78.9 Å². The minimum absolute atomic E-state index is 0.0101. The molecule has 0 saturated heterocycles. The maximum Gasteiger partial charge on any atom is 0.261 e. The Morgan fingerprint density at radius 2 is 1.39 bits per heavy atom. The van der Waals surface area contributed by atoms with Crippen molar-refractivity contribution < 1.29 is 4.43 Å². The minimum Gasteiger partial charge on any atom is -0.402 e. The van der Waals surface area contributed by atoms with E-state index in [1.54, 1.807) is 0 Å². The molecule has 1 aliphatic rings. The molecule has 1 aliphatic carbocycles. The number of nitrogens with zero attached hydrogens (tertiary/aromatic N) is 1. The Morgan fingerprint density at radius 3 is 1.89 bits per heavy atom. The van der Waals surface area contributed by atoms with Crippen molar-refractivity contribution >= 4 is 18.7 Å². The van der Waals surface area contributed by atoms with Crippen molar-refractivity contribution in [1.82, 2.24) is 4.98 Å².